The summed E-state index contributed by atoms with van der Waals surface area (Å²) in [4.78, 5) is 13.1. The van der Waals surface area contributed by atoms with Gasteiger partial charge in [-0.1, -0.05) is 18.5 Å². The van der Waals surface area contributed by atoms with E-state index in [-0.39, 0.29) is 0 Å². The molecular formula is C13H15ClN4S. The van der Waals surface area contributed by atoms with E-state index < -0.39 is 0 Å². The molecule has 0 radical (unpaired) electrons. The van der Waals surface area contributed by atoms with E-state index in [9.17, 15) is 0 Å². The number of aryl methyl sites for hydroxylation is 1. The van der Waals surface area contributed by atoms with Crippen LogP contribution in [0.15, 0.2) is 34.4 Å². The van der Waals surface area contributed by atoms with Crippen LogP contribution in [0, 0.1) is 6.92 Å². The van der Waals surface area contributed by atoms with Crippen molar-refractivity contribution in [3.05, 3.63) is 35.1 Å². The molecule has 2 heterocycles. The fourth-order valence-corrected chi connectivity index (χ4v) is 2.37. The van der Waals surface area contributed by atoms with Gasteiger partial charge >= 0.3 is 0 Å². The first-order valence-corrected chi connectivity index (χ1v) is 7.26. The van der Waals surface area contributed by atoms with Gasteiger partial charge in [0.2, 0.25) is 5.95 Å². The number of aromatic nitrogens is 3. The Morgan fingerprint density at radius 1 is 1.26 bits per heavy atom. The maximum Gasteiger partial charge on any atom is 0.223 e. The zero-order valence-electron chi connectivity index (χ0n) is 10.9. The highest BCUT2D eigenvalue weighted by molar-refractivity contribution is 7.99. The van der Waals surface area contributed by atoms with Crippen LogP contribution in [-0.2, 0) is 0 Å². The molecule has 19 heavy (non-hydrogen) atoms. The highest BCUT2D eigenvalue weighted by Gasteiger charge is 2.05. The van der Waals surface area contributed by atoms with Crippen LogP contribution < -0.4 is 5.32 Å². The molecule has 0 amide bonds. The van der Waals surface area contributed by atoms with Gasteiger partial charge in [-0.05, 0) is 43.3 Å². The number of anilines is 1. The number of hydrogen-bond acceptors (Lipinski definition) is 5. The zero-order chi connectivity index (χ0) is 13.7. The number of rotatable bonds is 5. The largest absolute Gasteiger partial charge is 0.354 e. The molecular weight excluding hydrogens is 280 g/mol. The molecule has 2 aromatic rings. The smallest absolute Gasteiger partial charge is 0.223 e. The minimum atomic E-state index is 0.633. The molecule has 0 aliphatic rings. The van der Waals surface area contributed by atoms with Crippen LogP contribution >= 0.6 is 23.4 Å². The predicted octanol–water partition coefficient (Wildman–Crippen LogP) is 3.81. The Hall–Kier alpha value is -1.33. The van der Waals surface area contributed by atoms with Gasteiger partial charge in [-0.3, -0.25) is 0 Å². The molecule has 100 valence electrons. The van der Waals surface area contributed by atoms with E-state index in [1.165, 1.54) is 11.8 Å². The van der Waals surface area contributed by atoms with Crippen LogP contribution in [0.25, 0.3) is 0 Å². The number of pyridine rings is 1. The van der Waals surface area contributed by atoms with Crippen LogP contribution in [0.3, 0.4) is 0 Å². The van der Waals surface area contributed by atoms with Crippen molar-refractivity contribution in [3.63, 3.8) is 0 Å². The van der Waals surface area contributed by atoms with Gasteiger partial charge in [0.15, 0.2) is 0 Å². The summed E-state index contributed by atoms with van der Waals surface area (Å²) in [6.07, 6.45) is 2.67. The van der Waals surface area contributed by atoms with Gasteiger partial charge in [-0.25, -0.2) is 15.0 Å². The average molecular weight is 295 g/mol. The lowest BCUT2D eigenvalue weighted by Crippen LogP contribution is -2.05. The zero-order valence-corrected chi connectivity index (χ0v) is 12.4. The molecule has 0 spiro atoms. The first-order valence-electron chi connectivity index (χ1n) is 6.06. The standard InChI is InChI=1S/C13H15ClN4S/c1-3-6-15-13-17-9(2)7-12(18-13)19-11-5-4-10(14)8-16-11/h4-5,7-8H,3,6H2,1-2H3,(H,15,17,18). The average Bonchev–Trinajstić information content (AvgIpc) is 2.38. The third-order valence-corrected chi connectivity index (χ3v) is 3.37. The summed E-state index contributed by atoms with van der Waals surface area (Å²) in [5.74, 6) is 0.665. The Morgan fingerprint density at radius 2 is 2.11 bits per heavy atom. The molecule has 2 aromatic heterocycles. The fourth-order valence-electron chi connectivity index (χ4n) is 1.44. The number of hydrogen-bond donors (Lipinski definition) is 1. The Balaban J connectivity index is 2.15. The van der Waals surface area contributed by atoms with Gasteiger partial charge in [0.25, 0.3) is 0 Å². The van der Waals surface area contributed by atoms with Crippen LogP contribution in [-0.4, -0.2) is 21.5 Å². The summed E-state index contributed by atoms with van der Waals surface area (Å²) >= 11 is 7.31. The van der Waals surface area contributed by atoms with E-state index in [0.29, 0.717) is 11.0 Å². The summed E-state index contributed by atoms with van der Waals surface area (Å²) in [6.45, 7) is 4.93. The van der Waals surface area contributed by atoms with E-state index in [1.807, 2.05) is 25.1 Å². The summed E-state index contributed by atoms with van der Waals surface area (Å²) in [7, 11) is 0. The second-order valence-corrected chi connectivity index (χ2v) is 5.49. The van der Waals surface area contributed by atoms with E-state index >= 15 is 0 Å². The molecule has 0 saturated carbocycles. The van der Waals surface area contributed by atoms with Gasteiger partial charge in [-0.2, -0.15) is 0 Å². The van der Waals surface area contributed by atoms with Gasteiger partial charge < -0.3 is 5.32 Å². The summed E-state index contributed by atoms with van der Waals surface area (Å²) in [5.41, 5.74) is 0.935. The molecule has 0 aliphatic carbocycles. The maximum atomic E-state index is 5.81. The maximum absolute atomic E-state index is 5.81. The number of nitrogens with zero attached hydrogens (tertiary/aromatic N) is 3. The predicted molar refractivity (Wildman–Crippen MR) is 78.9 cm³/mol. The van der Waals surface area contributed by atoms with E-state index in [0.717, 1.165) is 28.7 Å². The van der Waals surface area contributed by atoms with Crippen LogP contribution in [0.2, 0.25) is 5.02 Å². The summed E-state index contributed by atoms with van der Waals surface area (Å²) in [6, 6.07) is 5.64. The monoisotopic (exact) mass is 294 g/mol. The quantitative estimate of drug-likeness (QED) is 0.850. The molecule has 0 saturated heterocycles. The first-order chi connectivity index (χ1) is 9.17. The summed E-state index contributed by atoms with van der Waals surface area (Å²) in [5, 5.41) is 5.57. The van der Waals surface area contributed by atoms with Crippen molar-refractivity contribution in [2.45, 2.75) is 30.3 Å². The van der Waals surface area contributed by atoms with E-state index in [2.05, 4.69) is 27.2 Å². The number of halogens is 1. The van der Waals surface area contributed by atoms with Crippen LogP contribution in [0.4, 0.5) is 5.95 Å². The summed E-state index contributed by atoms with van der Waals surface area (Å²) < 4.78 is 0. The SMILES string of the molecule is CCCNc1nc(C)cc(Sc2ccc(Cl)cn2)n1. The van der Waals surface area contributed by atoms with Crippen molar-refractivity contribution in [2.75, 3.05) is 11.9 Å². The Kier molecular flexibility index (Phi) is 4.99. The lowest BCUT2D eigenvalue weighted by atomic mass is 10.4. The third kappa shape index (κ3) is 4.36. The second-order valence-electron chi connectivity index (χ2n) is 4.01. The molecule has 0 bridgehead atoms. The van der Waals surface area contributed by atoms with Gasteiger partial charge in [0, 0.05) is 18.4 Å². The van der Waals surface area contributed by atoms with Crippen molar-refractivity contribution >= 4 is 29.3 Å². The second kappa shape index (κ2) is 6.73. The lowest BCUT2D eigenvalue weighted by Gasteiger charge is -2.06. The first kappa shape index (κ1) is 14.1. The van der Waals surface area contributed by atoms with Crippen LogP contribution in [0.1, 0.15) is 19.0 Å². The molecule has 0 aliphatic heterocycles. The Morgan fingerprint density at radius 3 is 2.79 bits per heavy atom. The molecule has 6 heteroatoms. The molecule has 4 nitrogen and oxygen atoms in total. The highest BCUT2D eigenvalue weighted by Crippen LogP contribution is 2.26. The molecule has 1 N–H and O–H groups in total. The van der Waals surface area contributed by atoms with Gasteiger partial charge in [-0.15, -0.1) is 0 Å². The minimum Gasteiger partial charge on any atom is -0.354 e. The van der Waals surface area contributed by atoms with Gasteiger partial charge in [0.1, 0.15) is 10.1 Å². The van der Waals surface area contributed by atoms with Crippen molar-refractivity contribution in [2.24, 2.45) is 0 Å². The molecule has 2 rings (SSSR count). The van der Waals surface area contributed by atoms with E-state index in [4.69, 9.17) is 11.6 Å². The van der Waals surface area contributed by atoms with Crippen molar-refractivity contribution in [1.29, 1.82) is 0 Å². The lowest BCUT2D eigenvalue weighted by molar-refractivity contribution is 0.923. The van der Waals surface area contributed by atoms with Crippen molar-refractivity contribution in [1.82, 2.24) is 15.0 Å². The van der Waals surface area contributed by atoms with Crippen molar-refractivity contribution in [3.8, 4) is 0 Å². The number of nitrogens with one attached hydrogen (secondary N) is 1. The third-order valence-electron chi connectivity index (χ3n) is 2.27. The topological polar surface area (TPSA) is 50.7 Å². The minimum absolute atomic E-state index is 0.633. The Bertz CT molecular complexity index is 545. The molecule has 0 atom stereocenters. The Labute approximate surface area is 122 Å². The highest BCUT2D eigenvalue weighted by atomic mass is 35.5. The van der Waals surface area contributed by atoms with E-state index in [1.54, 1.807) is 6.20 Å². The van der Waals surface area contributed by atoms with Crippen LogP contribution in [0.5, 0.6) is 0 Å². The molecule has 0 aromatic carbocycles. The molecule has 0 unspecified atom stereocenters. The van der Waals surface area contributed by atoms with Crippen molar-refractivity contribution < 1.29 is 0 Å². The van der Waals surface area contributed by atoms with Gasteiger partial charge in [0.05, 0.1) is 5.02 Å². The fraction of sp³-hybridized carbons (Fsp3) is 0.308. The normalized spacial score (nSPS) is 10.5. The molecule has 0 fully saturated rings.